The van der Waals surface area contributed by atoms with Gasteiger partial charge in [-0.1, -0.05) is 0 Å². The highest BCUT2D eigenvalue weighted by atomic mass is 16.5. The quantitative estimate of drug-likeness (QED) is 0.747. The van der Waals surface area contributed by atoms with Crippen LogP contribution >= 0.6 is 0 Å². The SMILES string of the molecule is COc1ccc(-c2cnc(C)n2C)cn1. The summed E-state index contributed by atoms with van der Waals surface area (Å²) in [6.45, 7) is 1.97. The summed E-state index contributed by atoms with van der Waals surface area (Å²) in [5.41, 5.74) is 2.10. The Labute approximate surface area is 88.6 Å². The Morgan fingerprint density at radius 3 is 2.47 bits per heavy atom. The van der Waals surface area contributed by atoms with Gasteiger partial charge in [-0.3, -0.25) is 0 Å². The third-order valence-electron chi connectivity index (χ3n) is 2.46. The zero-order valence-electron chi connectivity index (χ0n) is 9.06. The molecule has 0 unspecified atom stereocenters. The lowest BCUT2D eigenvalue weighted by molar-refractivity contribution is 0.398. The Kier molecular flexibility index (Phi) is 2.41. The molecule has 2 aromatic heterocycles. The second-order valence-electron chi connectivity index (χ2n) is 3.34. The molecule has 0 N–H and O–H groups in total. The number of aryl methyl sites for hydroxylation is 1. The topological polar surface area (TPSA) is 39.9 Å². The number of methoxy groups -OCH3 is 1. The summed E-state index contributed by atoms with van der Waals surface area (Å²) in [4.78, 5) is 8.40. The minimum Gasteiger partial charge on any atom is -0.481 e. The number of pyridine rings is 1. The van der Waals surface area contributed by atoms with Gasteiger partial charge in [0, 0.05) is 24.9 Å². The van der Waals surface area contributed by atoms with Crippen LogP contribution < -0.4 is 4.74 Å². The summed E-state index contributed by atoms with van der Waals surface area (Å²) in [6.07, 6.45) is 3.63. The first-order valence-corrected chi connectivity index (χ1v) is 4.71. The van der Waals surface area contributed by atoms with E-state index >= 15 is 0 Å². The van der Waals surface area contributed by atoms with E-state index in [4.69, 9.17) is 4.74 Å². The summed E-state index contributed by atoms with van der Waals surface area (Å²) in [5.74, 6) is 1.61. The molecule has 4 nitrogen and oxygen atoms in total. The minimum absolute atomic E-state index is 0.623. The molecule has 0 amide bonds. The van der Waals surface area contributed by atoms with Crippen LogP contribution in [0.3, 0.4) is 0 Å². The largest absolute Gasteiger partial charge is 0.481 e. The average Bonchev–Trinajstić information content (AvgIpc) is 2.60. The van der Waals surface area contributed by atoms with E-state index in [1.807, 2.05) is 36.9 Å². The van der Waals surface area contributed by atoms with Crippen LogP contribution in [0, 0.1) is 6.92 Å². The molecular formula is C11H13N3O. The van der Waals surface area contributed by atoms with E-state index in [2.05, 4.69) is 9.97 Å². The number of aromatic nitrogens is 3. The van der Waals surface area contributed by atoms with Gasteiger partial charge in [-0.25, -0.2) is 9.97 Å². The molecule has 0 atom stereocenters. The van der Waals surface area contributed by atoms with Crippen LogP contribution in [0.1, 0.15) is 5.82 Å². The van der Waals surface area contributed by atoms with Crippen LogP contribution in [-0.2, 0) is 7.05 Å². The van der Waals surface area contributed by atoms with Crippen LogP contribution in [-0.4, -0.2) is 21.6 Å². The van der Waals surface area contributed by atoms with Gasteiger partial charge >= 0.3 is 0 Å². The fourth-order valence-corrected chi connectivity index (χ4v) is 1.42. The molecule has 0 aliphatic rings. The zero-order chi connectivity index (χ0) is 10.8. The third-order valence-corrected chi connectivity index (χ3v) is 2.46. The lowest BCUT2D eigenvalue weighted by Gasteiger charge is -2.04. The van der Waals surface area contributed by atoms with E-state index in [1.54, 1.807) is 13.3 Å². The first-order chi connectivity index (χ1) is 7.22. The molecule has 0 bridgehead atoms. The maximum Gasteiger partial charge on any atom is 0.212 e. The lowest BCUT2D eigenvalue weighted by Crippen LogP contribution is -1.95. The van der Waals surface area contributed by atoms with Gasteiger partial charge in [-0.05, 0) is 13.0 Å². The van der Waals surface area contributed by atoms with Crippen molar-refractivity contribution >= 4 is 0 Å². The first-order valence-electron chi connectivity index (χ1n) is 4.71. The van der Waals surface area contributed by atoms with Crippen molar-refractivity contribution in [3.8, 4) is 17.1 Å². The van der Waals surface area contributed by atoms with E-state index in [0.717, 1.165) is 17.1 Å². The summed E-state index contributed by atoms with van der Waals surface area (Å²) in [5, 5.41) is 0. The number of ether oxygens (including phenoxy) is 1. The van der Waals surface area contributed by atoms with Gasteiger partial charge in [0.1, 0.15) is 5.82 Å². The molecule has 0 radical (unpaired) electrons. The van der Waals surface area contributed by atoms with Crippen molar-refractivity contribution in [1.82, 2.24) is 14.5 Å². The Bertz CT molecular complexity index is 459. The Balaban J connectivity index is 2.41. The van der Waals surface area contributed by atoms with Gasteiger partial charge in [-0.2, -0.15) is 0 Å². The highest BCUT2D eigenvalue weighted by Crippen LogP contribution is 2.20. The van der Waals surface area contributed by atoms with Crippen LogP contribution in [0.5, 0.6) is 5.88 Å². The van der Waals surface area contributed by atoms with E-state index in [1.165, 1.54) is 0 Å². The van der Waals surface area contributed by atoms with Crippen LogP contribution in [0.15, 0.2) is 24.5 Å². The van der Waals surface area contributed by atoms with Crippen LogP contribution in [0.2, 0.25) is 0 Å². The molecule has 0 fully saturated rings. The zero-order valence-corrected chi connectivity index (χ0v) is 9.06. The molecule has 0 spiro atoms. The Morgan fingerprint density at radius 1 is 1.20 bits per heavy atom. The highest BCUT2D eigenvalue weighted by Gasteiger charge is 2.05. The van der Waals surface area contributed by atoms with Crippen molar-refractivity contribution in [3.05, 3.63) is 30.4 Å². The van der Waals surface area contributed by atoms with Crippen molar-refractivity contribution < 1.29 is 4.74 Å². The number of hydrogen-bond acceptors (Lipinski definition) is 3. The molecule has 4 heteroatoms. The van der Waals surface area contributed by atoms with E-state index in [-0.39, 0.29) is 0 Å². The summed E-state index contributed by atoms with van der Waals surface area (Å²) < 4.78 is 7.04. The molecule has 78 valence electrons. The summed E-state index contributed by atoms with van der Waals surface area (Å²) in [6, 6.07) is 3.82. The molecular weight excluding hydrogens is 190 g/mol. The monoisotopic (exact) mass is 203 g/mol. The van der Waals surface area contributed by atoms with Crippen LogP contribution in [0.25, 0.3) is 11.3 Å². The number of nitrogens with zero attached hydrogens (tertiary/aromatic N) is 3. The molecule has 15 heavy (non-hydrogen) atoms. The molecule has 2 aromatic rings. The molecule has 0 aliphatic carbocycles. The molecule has 2 rings (SSSR count). The predicted octanol–water partition coefficient (Wildman–Crippen LogP) is 1.80. The van der Waals surface area contributed by atoms with E-state index in [9.17, 15) is 0 Å². The first kappa shape index (κ1) is 9.71. The van der Waals surface area contributed by atoms with Gasteiger partial charge in [-0.15, -0.1) is 0 Å². The smallest absolute Gasteiger partial charge is 0.212 e. The van der Waals surface area contributed by atoms with Crippen molar-refractivity contribution in [2.24, 2.45) is 7.05 Å². The summed E-state index contributed by atoms with van der Waals surface area (Å²) in [7, 11) is 3.60. The summed E-state index contributed by atoms with van der Waals surface area (Å²) >= 11 is 0. The second kappa shape index (κ2) is 3.73. The maximum atomic E-state index is 5.01. The van der Waals surface area contributed by atoms with E-state index in [0.29, 0.717) is 5.88 Å². The standard InChI is InChI=1S/C11H13N3O/c1-8-12-7-10(14(8)2)9-4-5-11(15-3)13-6-9/h4-7H,1-3H3. The van der Waals surface area contributed by atoms with Crippen molar-refractivity contribution in [1.29, 1.82) is 0 Å². The normalized spacial score (nSPS) is 10.3. The van der Waals surface area contributed by atoms with Crippen molar-refractivity contribution in [2.45, 2.75) is 6.92 Å². The predicted molar refractivity (Wildman–Crippen MR) is 57.7 cm³/mol. The highest BCUT2D eigenvalue weighted by molar-refractivity contribution is 5.58. The molecule has 0 aliphatic heterocycles. The van der Waals surface area contributed by atoms with Crippen molar-refractivity contribution in [3.63, 3.8) is 0 Å². The number of imidazole rings is 1. The molecule has 2 heterocycles. The van der Waals surface area contributed by atoms with Crippen molar-refractivity contribution in [2.75, 3.05) is 7.11 Å². The Hall–Kier alpha value is -1.84. The second-order valence-corrected chi connectivity index (χ2v) is 3.34. The fraction of sp³-hybridized carbons (Fsp3) is 0.273. The van der Waals surface area contributed by atoms with Gasteiger partial charge in [0.2, 0.25) is 5.88 Å². The Morgan fingerprint density at radius 2 is 2.00 bits per heavy atom. The molecule has 0 saturated carbocycles. The molecule has 0 saturated heterocycles. The average molecular weight is 203 g/mol. The third kappa shape index (κ3) is 1.70. The van der Waals surface area contributed by atoms with Gasteiger partial charge in [0.15, 0.2) is 0 Å². The van der Waals surface area contributed by atoms with Gasteiger partial charge in [0.25, 0.3) is 0 Å². The lowest BCUT2D eigenvalue weighted by atomic mass is 10.2. The van der Waals surface area contributed by atoms with Gasteiger partial charge in [0.05, 0.1) is 19.0 Å². The maximum absolute atomic E-state index is 5.01. The molecule has 0 aromatic carbocycles. The van der Waals surface area contributed by atoms with E-state index < -0.39 is 0 Å². The fourth-order valence-electron chi connectivity index (χ4n) is 1.42. The van der Waals surface area contributed by atoms with Gasteiger partial charge < -0.3 is 9.30 Å². The number of hydrogen-bond donors (Lipinski definition) is 0. The minimum atomic E-state index is 0.623. The number of rotatable bonds is 2. The van der Waals surface area contributed by atoms with Crippen LogP contribution in [0.4, 0.5) is 0 Å².